The molecule has 0 radical (unpaired) electrons. The van der Waals surface area contributed by atoms with E-state index in [-0.39, 0.29) is 18.4 Å². The molecule has 1 aromatic heterocycles. The second kappa shape index (κ2) is 10.8. The van der Waals surface area contributed by atoms with Crippen molar-refractivity contribution in [1.82, 2.24) is 9.80 Å². The highest BCUT2D eigenvalue weighted by atomic mass is 35.5. The summed E-state index contributed by atoms with van der Waals surface area (Å²) in [4.78, 5) is 28.7. The molecule has 0 aliphatic rings. The highest BCUT2D eigenvalue weighted by Gasteiger charge is 2.26. The molecule has 0 atom stereocenters. The second-order valence-electron chi connectivity index (χ2n) is 7.18. The Bertz CT molecular complexity index is 778. The van der Waals surface area contributed by atoms with Gasteiger partial charge in [0.05, 0.1) is 13.1 Å². The summed E-state index contributed by atoms with van der Waals surface area (Å²) in [6.45, 7) is 7.38. The summed E-state index contributed by atoms with van der Waals surface area (Å²) in [6, 6.07) is 11.9. The predicted octanol–water partition coefficient (Wildman–Crippen LogP) is 4.87. The van der Waals surface area contributed by atoms with Gasteiger partial charge in [0.25, 0.3) is 5.91 Å². The molecule has 0 bridgehead atoms. The number of benzene rings is 1. The Morgan fingerprint density at radius 3 is 2.25 bits per heavy atom. The van der Waals surface area contributed by atoms with Gasteiger partial charge in [0.2, 0.25) is 5.91 Å². The minimum absolute atomic E-state index is 0.0375. The lowest BCUT2D eigenvalue weighted by molar-refractivity contribution is -0.140. The van der Waals surface area contributed by atoms with Crippen LogP contribution in [0.4, 0.5) is 0 Å². The molecule has 2 amide bonds. The molecule has 2 rings (SSSR count). The van der Waals surface area contributed by atoms with Crippen molar-refractivity contribution in [2.75, 3.05) is 13.1 Å². The molecule has 0 N–H and O–H groups in total. The zero-order chi connectivity index (χ0) is 20.7. The molecule has 1 aromatic carbocycles. The third-order valence-corrected chi connectivity index (χ3v) is 5.66. The van der Waals surface area contributed by atoms with E-state index < -0.39 is 10.7 Å². The molecule has 0 spiro atoms. The van der Waals surface area contributed by atoms with Crippen LogP contribution in [0, 0.1) is 12.8 Å². The molecule has 7 heteroatoms. The van der Waals surface area contributed by atoms with Crippen LogP contribution in [-0.2, 0) is 22.7 Å². The average Bonchev–Trinajstić information content (AvgIpc) is 3.05. The minimum Gasteiger partial charge on any atom is -0.332 e. The van der Waals surface area contributed by atoms with E-state index in [1.165, 1.54) is 4.90 Å². The number of alkyl halides is 2. The van der Waals surface area contributed by atoms with Gasteiger partial charge in [0, 0.05) is 18.0 Å². The van der Waals surface area contributed by atoms with E-state index >= 15 is 0 Å². The Labute approximate surface area is 181 Å². The first-order valence-corrected chi connectivity index (χ1v) is 10.9. The van der Waals surface area contributed by atoms with E-state index in [2.05, 4.69) is 0 Å². The first-order valence-electron chi connectivity index (χ1n) is 9.19. The van der Waals surface area contributed by atoms with E-state index in [4.69, 9.17) is 23.2 Å². The quantitative estimate of drug-likeness (QED) is 0.521. The summed E-state index contributed by atoms with van der Waals surface area (Å²) >= 11 is 13.2. The zero-order valence-electron chi connectivity index (χ0n) is 16.4. The van der Waals surface area contributed by atoms with Crippen molar-refractivity contribution in [1.29, 1.82) is 0 Å². The molecule has 0 aliphatic carbocycles. The summed E-state index contributed by atoms with van der Waals surface area (Å²) in [7, 11) is 0. The lowest BCUT2D eigenvalue weighted by Gasteiger charge is -2.29. The molecule has 0 fully saturated rings. The van der Waals surface area contributed by atoms with Crippen molar-refractivity contribution in [2.24, 2.45) is 5.92 Å². The van der Waals surface area contributed by atoms with Gasteiger partial charge in [-0.2, -0.15) is 0 Å². The van der Waals surface area contributed by atoms with E-state index in [1.807, 2.05) is 62.5 Å². The number of carbonyl (C=O) groups is 2. The molecule has 0 aliphatic heterocycles. The Morgan fingerprint density at radius 2 is 1.71 bits per heavy atom. The van der Waals surface area contributed by atoms with Crippen LogP contribution >= 0.6 is 34.5 Å². The minimum atomic E-state index is -1.17. The van der Waals surface area contributed by atoms with Crippen LogP contribution in [-0.4, -0.2) is 39.5 Å². The molecular formula is C21H26Cl2N2O2S. The van der Waals surface area contributed by atoms with Crippen LogP contribution < -0.4 is 0 Å². The number of halogens is 2. The standard InChI is InChI=1S/C21H26Cl2N2O2S/c1-15(2)11-25(21(27)20(22)23)14-19(26)24(12-17-7-5-4-6-8-17)13-18-16(3)9-10-28-18/h4-10,15,20H,11-14H2,1-3H3. The third-order valence-electron chi connectivity index (χ3n) is 4.28. The van der Waals surface area contributed by atoms with E-state index in [0.717, 1.165) is 16.0 Å². The first-order chi connectivity index (χ1) is 13.3. The van der Waals surface area contributed by atoms with Gasteiger partial charge in [-0.25, -0.2) is 0 Å². The molecule has 152 valence electrons. The summed E-state index contributed by atoms with van der Waals surface area (Å²) < 4.78 is 0. The number of aryl methyl sites for hydroxylation is 1. The van der Waals surface area contributed by atoms with Crippen LogP contribution in [0.1, 0.15) is 29.9 Å². The van der Waals surface area contributed by atoms with Crippen LogP contribution in [0.3, 0.4) is 0 Å². The Morgan fingerprint density at radius 1 is 1.04 bits per heavy atom. The number of amides is 2. The SMILES string of the molecule is Cc1ccsc1CN(Cc1ccccc1)C(=O)CN(CC(C)C)C(=O)C(Cl)Cl. The highest BCUT2D eigenvalue weighted by molar-refractivity contribution is 7.10. The Kier molecular flexibility index (Phi) is 8.80. The molecule has 0 unspecified atom stereocenters. The number of hydrogen-bond acceptors (Lipinski definition) is 3. The van der Waals surface area contributed by atoms with Crippen molar-refractivity contribution in [3.63, 3.8) is 0 Å². The third kappa shape index (κ3) is 6.80. The number of carbonyl (C=O) groups excluding carboxylic acids is 2. The first kappa shape index (κ1) is 22.7. The van der Waals surface area contributed by atoms with Crippen molar-refractivity contribution in [3.8, 4) is 0 Å². The van der Waals surface area contributed by atoms with Crippen LogP contribution in [0.5, 0.6) is 0 Å². The fourth-order valence-electron chi connectivity index (χ4n) is 2.85. The molecule has 4 nitrogen and oxygen atoms in total. The van der Waals surface area contributed by atoms with E-state index in [9.17, 15) is 9.59 Å². The molecule has 0 saturated carbocycles. The van der Waals surface area contributed by atoms with Gasteiger partial charge in [-0.1, -0.05) is 67.4 Å². The van der Waals surface area contributed by atoms with Gasteiger partial charge in [-0.15, -0.1) is 11.3 Å². The number of thiophene rings is 1. The molecule has 28 heavy (non-hydrogen) atoms. The van der Waals surface area contributed by atoms with Gasteiger partial charge < -0.3 is 9.80 Å². The predicted molar refractivity (Wildman–Crippen MR) is 117 cm³/mol. The van der Waals surface area contributed by atoms with Gasteiger partial charge in [-0.3, -0.25) is 9.59 Å². The largest absolute Gasteiger partial charge is 0.332 e. The highest BCUT2D eigenvalue weighted by Crippen LogP contribution is 2.20. The smallest absolute Gasteiger partial charge is 0.256 e. The van der Waals surface area contributed by atoms with E-state index in [0.29, 0.717) is 19.6 Å². The molecule has 2 aromatic rings. The summed E-state index contributed by atoms with van der Waals surface area (Å²) in [5.41, 5.74) is 2.20. The molecular weight excluding hydrogens is 415 g/mol. The van der Waals surface area contributed by atoms with Gasteiger partial charge in [0.15, 0.2) is 4.84 Å². The number of rotatable bonds is 9. The van der Waals surface area contributed by atoms with Crippen molar-refractivity contribution >= 4 is 46.4 Å². The van der Waals surface area contributed by atoms with Crippen LogP contribution in [0.2, 0.25) is 0 Å². The van der Waals surface area contributed by atoms with Crippen molar-refractivity contribution < 1.29 is 9.59 Å². The summed E-state index contributed by atoms with van der Waals surface area (Å²) in [5.74, 6) is -0.358. The molecule has 1 heterocycles. The summed E-state index contributed by atoms with van der Waals surface area (Å²) in [6.07, 6.45) is 0. The lowest BCUT2D eigenvalue weighted by Crippen LogP contribution is -2.45. The maximum absolute atomic E-state index is 13.2. The molecule has 0 saturated heterocycles. The second-order valence-corrected chi connectivity index (χ2v) is 9.27. The zero-order valence-corrected chi connectivity index (χ0v) is 18.7. The lowest BCUT2D eigenvalue weighted by atomic mass is 10.2. The number of nitrogens with zero attached hydrogens (tertiary/aromatic N) is 2. The Hall–Kier alpha value is -1.56. The maximum Gasteiger partial charge on any atom is 0.256 e. The monoisotopic (exact) mass is 440 g/mol. The van der Waals surface area contributed by atoms with Crippen LogP contribution in [0.15, 0.2) is 41.8 Å². The topological polar surface area (TPSA) is 40.6 Å². The Balaban J connectivity index is 2.20. The van der Waals surface area contributed by atoms with Gasteiger partial charge in [-0.05, 0) is 35.4 Å². The van der Waals surface area contributed by atoms with Crippen molar-refractivity contribution in [2.45, 2.75) is 38.7 Å². The average molecular weight is 441 g/mol. The van der Waals surface area contributed by atoms with Gasteiger partial charge in [0.1, 0.15) is 0 Å². The fraction of sp³-hybridized carbons (Fsp3) is 0.429. The summed E-state index contributed by atoms with van der Waals surface area (Å²) in [5, 5.41) is 2.02. The van der Waals surface area contributed by atoms with Crippen LogP contribution in [0.25, 0.3) is 0 Å². The fourth-order valence-corrected chi connectivity index (χ4v) is 4.05. The van der Waals surface area contributed by atoms with E-state index in [1.54, 1.807) is 16.2 Å². The maximum atomic E-state index is 13.2. The van der Waals surface area contributed by atoms with Gasteiger partial charge >= 0.3 is 0 Å². The van der Waals surface area contributed by atoms with Crippen molar-refractivity contribution in [3.05, 3.63) is 57.8 Å². The normalized spacial score (nSPS) is 11.1. The number of hydrogen-bond donors (Lipinski definition) is 0.